The van der Waals surface area contributed by atoms with Crippen molar-refractivity contribution in [2.24, 2.45) is 5.41 Å². The van der Waals surface area contributed by atoms with Gasteiger partial charge in [0, 0.05) is 38.0 Å². The first-order valence-electron chi connectivity index (χ1n) is 8.58. The number of rotatable bonds is 5. The molecule has 0 unspecified atom stereocenters. The molecule has 1 aliphatic heterocycles. The smallest absolute Gasteiger partial charge is 0.384 e. The van der Waals surface area contributed by atoms with Crippen LogP contribution in [0.5, 0.6) is 0 Å². The molecule has 0 spiro atoms. The zero-order chi connectivity index (χ0) is 18.6. The van der Waals surface area contributed by atoms with Gasteiger partial charge in [0.25, 0.3) is 0 Å². The van der Waals surface area contributed by atoms with E-state index in [4.69, 9.17) is 4.74 Å². The van der Waals surface area contributed by atoms with Crippen LogP contribution in [0.4, 0.5) is 18.9 Å². The molecule has 0 bridgehead atoms. The van der Waals surface area contributed by atoms with Crippen LogP contribution in [0.1, 0.15) is 24.1 Å². The van der Waals surface area contributed by atoms with E-state index >= 15 is 0 Å². The Morgan fingerprint density at radius 2 is 1.92 bits per heavy atom. The van der Waals surface area contributed by atoms with E-state index in [0.29, 0.717) is 6.61 Å². The number of halogens is 3. The minimum absolute atomic E-state index is 0.0215. The summed E-state index contributed by atoms with van der Waals surface area (Å²) in [5.74, 6) is 0. The summed E-state index contributed by atoms with van der Waals surface area (Å²) in [5, 5.41) is 0. The van der Waals surface area contributed by atoms with Gasteiger partial charge < -0.3 is 9.64 Å². The summed E-state index contributed by atoms with van der Waals surface area (Å²) < 4.78 is 43.5. The molecular weight excluding hydrogens is 343 g/mol. The number of piperidine rings is 1. The van der Waals surface area contributed by atoms with Crippen molar-refractivity contribution in [3.8, 4) is 0 Å². The molecule has 0 amide bonds. The van der Waals surface area contributed by atoms with E-state index in [1.54, 1.807) is 13.3 Å². The van der Waals surface area contributed by atoms with Crippen LogP contribution in [0.3, 0.4) is 0 Å². The SMILES string of the molecule is COCC1(Cc2cccnc2)CCN(c2ccc(C(F)(F)F)nc2)CC1. The third-order valence-corrected chi connectivity index (χ3v) is 4.98. The number of pyridine rings is 2. The maximum absolute atomic E-state index is 12.7. The molecule has 26 heavy (non-hydrogen) atoms. The van der Waals surface area contributed by atoms with Crippen molar-refractivity contribution >= 4 is 5.69 Å². The minimum Gasteiger partial charge on any atom is -0.384 e. The third kappa shape index (κ3) is 4.33. The largest absolute Gasteiger partial charge is 0.433 e. The van der Waals surface area contributed by atoms with Crippen molar-refractivity contribution in [2.75, 3.05) is 31.7 Å². The maximum atomic E-state index is 12.7. The van der Waals surface area contributed by atoms with Crippen LogP contribution in [-0.2, 0) is 17.3 Å². The Labute approximate surface area is 151 Å². The van der Waals surface area contributed by atoms with E-state index < -0.39 is 11.9 Å². The van der Waals surface area contributed by atoms with Gasteiger partial charge >= 0.3 is 6.18 Å². The number of aromatic nitrogens is 2. The molecular formula is C19H22F3N3O. The normalized spacial score (nSPS) is 17.3. The van der Waals surface area contributed by atoms with E-state index in [9.17, 15) is 13.2 Å². The lowest BCUT2D eigenvalue weighted by atomic mass is 9.74. The van der Waals surface area contributed by atoms with Crippen molar-refractivity contribution < 1.29 is 17.9 Å². The fourth-order valence-corrected chi connectivity index (χ4v) is 3.59. The Kier molecular flexibility index (Phi) is 5.46. The van der Waals surface area contributed by atoms with Crippen molar-refractivity contribution in [1.82, 2.24) is 9.97 Å². The van der Waals surface area contributed by atoms with Gasteiger partial charge in [0.15, 0.2) is 0 Å². The molecule has 140 valence electrons. The molecule has 1 fully saturated rings. The van der Waals surface area contributed by atoms with Gasteiger partial charge in [-0.1, -0.05) is 6.07 Å². The van der Waals surface area contributed by atoms with Crippen molar-refractivity contribution in [3.05, 3.63) is 54.1 Å². The molecule has 0 atom stereocenters. The summed E-state index contributed by atoms with van der Waals surface area (Å²) in [6.07, 6.45) is 3.22. The highest BCUT2D eigenvalue weighted by atomic mass is 19.4. The average molecular weight is 365 g/mol. The van der Waals surface area contributed by atoms with Crippen LogP contribution in [0, 0.1) is 5.41 Å². The zero-order valence-corrected chi connectivity index (χ0v) is 14.7. The number of hydrogen-bond acceptors (Lipinski definition) is 4. The van der Waals surface area contributed by atoms with E-state index in [0.717, 1.165) is 44.1 Å². The summed E-state index contributed by atoms with van der Waals surface area (Å²) >= 11 is 0. The third-order valence-electron chi connectivity index (χ3n) is 4.98. The lowest BCUT2D eigenvalue weighted by Crippen LogP contribution is -2.43. The highest BCUT2D eigenvalue weighted by Crippen LogP contribution is 2.37. The molecule has 0 radical (unpaired) electrons. The Balaban J connectivity index is 1.68. The summed E-state index contributed by atoms with van der Waals surface area (Å²) in [6.45, 7) is 2.17. The molecule has 1 aliphatic rings. The van der Waals surface area contributed by atoms with Crippen LogP contribution in [-0.4, -0.2) is 36.8 Å². The maximum Gasteiger partial charge on any atom is 0.433 e. The molecule has 0 saturated carbocycles. The molecule has 3 heterocycles. The van der Waals surface area contributed by atoms with Gasteiger partial charge in [-0.05, 0) is 43.0 Å². The van der Waals surface area contributed by atoms with Gasteiger partial charge in [-0.15, -0.1) is 0 Å². The molecule has 0 N–H and O–H groups in total. The van der Waals surface area contributed by atoms with Crippen molar-refractivity contribution in [2.45, 2.75) is 25.4 Å². The van der Waals surface area contributed by atoms with Gasteiger partial charge in [-0.3, -0.25) is 4.98 Å². The fraction of sp³-hybridized carbons (Fsp3) is 0.474. The average Bonchev–Trinajstić information content (AvgIpc) is 2.63. The van der Waals surface area contributed by atoms with E-state index in [-0.39, 0.29) is 5.41 Å². The summed E-state index contributed by atoms with van der Waals surface area (Å²) in [5.41, 5.74) is 1.07. The summed E-state index contributed by atoms with van der Waals surface area (Å²) in [7, 11) is 1.71. The molecule has 2 aromatic rings. The highest BCUT2D eigenvalue weighted by Gasteiger charge is 2.36. The van der Waals surface area contributed by atoms with Crippen LogP contribution in [0.2, 0.25) is 0 Å². The quantitative estimate of drug-likeness (QED) is 0.804. The number of nitrogens with zero attached hydrogens (tertiary/aromatic N) is 3. The Morgan fingerprint density at radius 3 is 2.46 bits per heavy atom. The second kappa shape index (κ2) is 7.61. The topological polar surface area (TPSA) is 38.2 Å². The molecule has 4 nitrogen and oxygen atoms in total. The second-order valence-corrected chi connectivity index (χ2v) is 6.86. The Hall–Kier alpha value is -2.15. The van der Waals surface area contributed by atoms with Crippen LogP contribution < -0.4 is 4.90 Å². The Morgan fingerprint density at radius 1 is 1.15 bits per heavy atom. The van der Waals surface area contributed by atoms with Gasteiger partial charge in [-0.2, -0.15) is 13.2 Å². The first-order chi connectivity index (χ1) is 12.4. The van der Waals surface area contributed by atoms with Gasteiger partial charge in [0.2, 0.25) is 0 Å². The second-order valence-electron chi connectivity index (χ2n) is 6.86. The van der Waals surface area contributed by atoms with E-state index in [2.05, 4.69) is 20.9 Å². The Bertz CT molecular complexity index is 696. The fourth-order valence-electron chi connectivity index (χ4n) is 3.59. The standard InChI is InChI=1S/C19H22F3N3O/c1-26-14-18(11-15-3-2-8-23-12-15)6-9-25(10-7-18)16-4-5-17(24-13-16)19(20,21)22/h2-5,8,12-13H,6-7,9-11,14H2,1H3. The van der Waals surface area contributed by atoms with E-state index in [1.807, 2.05) is 12.3 Å². The zero-order valence-electron chi connectivity index (χ0n) is 14.7. The lowest BCUT2D eigenvalue weighted by Gasteiger charge is -2.42. The number of alkyl halides is 3. The van der Waals surface area contributed by atoms with E-state index in [1.165, 1.54) is 17.8 Å². The monoisotopic (exact) mass is 365 g/mol. The van der Waals surface area contributed by atoms with Gasteiger partial charge in [0.1, 0.15) is 5.69 Å². The van der Waals surface area contributed by atoms with Crippen LogP contribution in [0.25, 0.3) is 0 Å². The predicted molar refractivity (Wildman–Crippen MR) is 92.9 cm³/mol. The van der Waals surface area contributed by atoms with Crippen LogP contribution in [0.15, 0.2) is 42.9 Å². The lowest BCUT2D eigenvalue weighted by molar-refractivity contribution is -0.141. The van der Waals surface area contributed by atoms with Gasteiger partial charge in [0.05, 0.1) is 18.5 Å². The molecule has 0 aliphatic carbocycles. The molecule has 7 heteroatoms. The minimum atomic E-state index is -4.40. The summed E-state index contributed by atoms with van der Waals surface area (Å²) in [4.78, 5) is 9.83. The molecule has 2 aromatic heterocycles. The molecule has 0 aromatic carbocycles. The number of methoxy groups -OCH3 is 1. The molecule has 1 saturated heterocycles. The highest BCUT2D eigenvalue weighted by molar-refractivity contribution is 5.45. The molecule has 3 rings (SSSR count). The number of hydrogen-bond donors (Lipinski definition) is 0. The van der Waals surface area contributed by atoms with Crippen molar-refractivity contribution in [1.29, 1.82) is 0 Å². The predicted octanol–water partition coefficient (Wildman–Crippen LogP) is 3.97. The number of ether oxygens (including phenoxy) is 1. The first kappa shape index (κ1) is 18.6. The van der Waals surface area contributed by atoms with Crippen molar-refractivity contribution in [3.63, 3.8) is 0 Å². The first-order valence-corrected chi connectivity index (χ1v) is 8.58. The van der Waals surface area contributed by atoms with Crippen LogP contribution >= 0.6 is 0 Å². The number of anilines is 1. The summed E-state index contributed by atoms with van der Waals surface area (Å²) in [6, 6.07) is 6.54. The van der Waals surface area contributed by atoms with Gasteiger partial charge in [-0.25, -0.2) is 4.98 Å².